The Labute approximate surface area is 103 Å². The van der Waals surface area contributed by atoms with Crippen LogP contribution in [0, 0.1) is 11.8 Å². The lowest BCUT2D eigenvalue weighted by molar-refractivity contribution is -0.150. The van der Waals surface area contributed by atoms with Crippen LogP contribution in [0.3, 0.4) is 0 Å². The Kier molecular flexibility index (Phi) is 5.40. The number of aliphatic hydroxyl groups excluding tert-OH is 1. The van der Waals surface area contributed by atoms with Gasteiger partial charge in [-0.15, -0.1) is 0 Å². The Bertz CT molecular complexity index is 252. The highest BCUT2D eigenvalue weighted by Crippen LogP contribution is 2.29. The summed E-state index contributed by atoms with van der Waals surface area (Å²) in [5.41, 5.74) is 0. The van der Waals surface area contributed by atoms with E-state index < -0.39 is 0 Å². The maximum atomic E-state index is 11.4. The molecule has 17 heavy (non-hydrogen) atoms. The summed E-state index contributed by atoms with van der Waals surface area (Å²) in [5.74, 6) is -0.197. The van der Waals surface area contributed by atoms with E-state index in [2.05, 4.69) is 0 Å². The SMILES string of the molecule is COC(=O)C(C)C1CC[C@@H](C[C@@H](O)C(C)C)O1. The van der Waals surface area contributed by atoms with Crippen molar-refractivity contribution in [2.75, 3.05) is 7.11 Å². The third-order valence-corrected chi connectivity index (χ3v) is 3.54. The molecule has 0 aliphatic carbocycles. The monoisotopic (exact) mass is 244 g/mol. The number of carbonyl (C=O) groups is 1. The quantitative estimate of drug-likeness (QED) is 0.749. The van der Waals surface area contributed by atoms with E-state index in [1.54, 1.807) is 0 Å². The molecular formula is C13H24O4. The van der Waals surface area contributed by atoms with E-state index >= 15 is 0 Å². The van der Waals surface area contributed by atoms with Gasteiger partial charge >= 0.3 is 5.97 Å². The Morgan fingerprint density at radius 3 is 2.59 bits per heavy atom. The number of ether oxygens (including phenoxy) is 2. The van der Waals surface area contributed by atoms with E-state index in [1.807, 2.05) is 20.8 Å². The van der Waals surface area contributed by atoms with Crippen LogP contribution in [0.5, 0.6) is 0 Å². The third-order valence-electron chi connectivity index (χ3n) is 3.54. The van der Waals surface area contributed by atoms with Crippen molar-refractivity contribution >= 4 is 5.97 Å². The second-order valence-corrected chi connectivity index (χ2v) is 5.23. The van der Waals surface area contributed by atoms with Crippen molar-refractivity contribution in [2.24, 2.45) is 11.8 Å². The number of methoxy groups -OCH3 is 1. The lowest BCUT2D eigenvalue weighted by Crippen LogP contribution is -2.28. The van der Waals surface area contributed by atoms with E-state index in [-0.39, 0.29) is 36.1 Å². The van der Waals surface area contributed by atoms with Crippen molar-refractivity contribution in [3.63, 3.8) is 0 Å². The van der Waals surface area contributed by atoms with E-state index in [0.717, 1.165) is 12.8 Å². The van der Waals surface area contributed by atoms with Gasteiger partial charge in [0.05, 0.1) is 31.3 Å². The number of carbonyl (C=O) groups excluding carboxylic acids is 1. The van der Waals surface area contributed by atoms with Crippen LogP contribution in [0.15, 0.2) is 0 Å². The molecule has 0 aromatic carbocycles. The Morgan fingerprint density at radius 1 is 1.41 bits per heavy atom. The molecule has 0 amide bonds. The number of rotatable bonds is 5. The fraction of sp³-hybridized carbons (Fsp3) is 0.923. The summed E-state index contributed by atoms with van der Waals surface area (Å²) in [7, 11) is 1.40. The summed E-state index contributed by atoms with van der Waals surface area (Å²) >= 11 is 0. The smallest absolute Gasteiger partial charge is 0.311 e. The summed E-state index contributed by atoms with van der Waals surface area (Å²) in [4.78, 5) is 11.4. The minimum Gasteiger partial charge on any atom is -0.469 e. The van der Waals surface area contributed by atoms with Crippen molar-refractivity contribution in [3.8, 4) is 0 Å². The van der Waals surface area contributed by atoms with Crippen molar-refractivity contribution in [1.82, 2.24) is 0 Å². The molecule has 1 aliphatic heterocycles. The lowest BCUT2D eigenvalue weighted by Gasteiger charge is -2.21. The fourth-order valence-electron chi connectivity index (χ4n) is 2.15. The minimum atomic E-state index is -0.327. The molecule has 0 saturated carbocycles. The molecule has 4 atom stereocenters. The second kappa shape index (κ2) is 6.36. The van der Waals surface area contributed by atoms with Crippen LogP contribution in [0.2, 0.25) is 0 Å². The zero-order chi connectivity index (χ0) is 13.0. The summed E-state index contributed by atoms with van der Waals surface area (Å²) < 4.78 is 10.5. The molecule has 4 nitrogen and oxygen atoms in total. The van der Waals surface area contributed by atoms with Crippen molar-refractivity contribution in [1.29, 1.82) is 0 Å². The van der Waals surface area contributed by atoms with Crippen molar-refractivity contribution < 1.29 is 19.4 Å². The lowest BCUT2D eigenvalue weighted by atomic mass is 9.98. The molecule has 1 fully saturated rings. The standard InChI is InChI=1S/C13H24O4/c1-8(2)11(14)7-10-5-6-12(17-10)9(3)13(15)16-4/h8-12,14H,5-7H2,1-4H3/t9?,10-,11+,12?/m0/s1. The van der Waals surface area contributed by atoms with E-state index in [0.29, 0.717) is 6.42 Å². The molecule has 0 spiro atoms. The average Bonchev–Trinajstić information content (AvgIpc) is 2.75. The van der Waals surface area contributed by atoms with Crippen LogP contribution >= 0.6 is 0 Å². The number of hydrogen-bond donors (Lipinski definition) is 1. The molecule has 0 aromatic rings. The van der Waals surface area contributed by atoms with Gasteiger partial charge in [0, 0.05) is 0 Å². The zero-order valence-electron chi connectivity index (χ0n) is 11.2. The summed E-state index contributed by atoms with van der Waals surface area (Å²) in [6.07, 6.45) is 2.12. The molecule has 0 bridgehead atoms. The van der Waals surface area contributed by atoms with Gasteiger partial charge in [-0.2, -0.15) is 0 Å². The maximum Gasteiger partial charge on any atom is 0.311 e. The van der Waals surface area contributed by atoms with E-state index in [9.17, 15) is 9.90 Å². The van der Waals surface area contributed by atoms with Gasteiger partial charge in [0.1, 0.15) is 0 Å². The van der Waals surface area contributed by atoms with Crippen LogP contribution in [0.4, 0.5) is 0 Å². The first kappa shape index (κ1) is 14.5. The molecule has 0 aromatic heterocycles. The van der Waals surface area contributed by atoms with Gasteiger partial charge in [0.2, 0.25) is 0 Å². The Morgan fingerprint density at radius 2 is 2.06 bits per heavy atom. The molecule has 2 unspecified atom stereocenters. The predicted octanol–water partition coefficient (Wildman–Crippen LogP) is 1.75. The molecule has 1 saturated heterocycles. The average molecular weight is 244 g/mol. The summed E-state index contributed by atoms with van der Waals surface area (Å²) in [6.45, 7) is 5.82. The molecule has 1 aliphatic rings. The molecule has 1 heterocycles. The van der Waals surface area contributed by atoms with Gasteiger partial charge in [-0.1, -0.05) is 13.8 Å². The van der Waals surface area contributed by atoms with Crippen LogP contribution in [0.25, 0.3) is 0 Å². The zero-order valence-corrected chi connectivity index (χ0v) is 11.2. The highest BCUT2D eigenvalue weighted by atomic mass is 16.5. The van der Waals surface area contributed by atoms with Gasteiger partial charge in [0.25, 0.3) is 0 Å². The van der Waals surface area contributed by atoms with Crippen molar-refractivity contribution in [2.45, 2.75) is 58.3 Å². The Balaban J connectivity index is 2.39. The highest BCUT2D eigenvalue weighted by Gasteiger charge is 2.34. The topological polar surface area (TPSA) is 55.8 Å². The number of hydrogen-bond acceptors (Lipinski definition) is 4. The highest BCUT2D eigenvalue weighted by molar-refractivity contribution is 5.72. The van der Waals surface area contributed by atoms with Gasteiger partial charge in [-0.25, -0.2) is 0 Å². The summed E-state index contributed by atoms with van der Waals surface area (Å²) in [5, 5.41) is 9.80. The van der Waals surface area contributed by atoms with Crippen LogP contribution in [0.1, 0.15) is 40.0 Å². The molecule has 100 valence electrons. The first-order valence-corrected chi connectivity index (χ1v) is 6.37. The fourth-order valence-corrected chi connectivity index (χ4v) is 2.15. The summed E-state index contributed by atoms with van der Waals surface area (Å²) in [6, 6.07) is 0. The van der Waals surface area contributed by atoms with Gasteiger partial charge in [-0.05, 0) is 32.1 Å². The first-order chi connectivity index (χ1) is 7.95. The number of aliphatic hydroxyl groups is 1. The first-order valence-electron chi connectivity index (χ1n) is 6.37. The molecule has 4 heteroatoms. The van der Waals surface area contributed by atoms with Crippen LogP contribution in [-0.2, 0) is 14.3 Å². The molecular weight excluding hydrogens is 220 g/mol. The molecule has 0 radical (unpaired) electrons. The molecule has 1 rings (SSSR count). The van der Waals surface area contributed by atoms with E-state index in [4.69, 9.17) is 9.47 Å². The number of esters is 1. The normalized spacial score (nSPS) is 28.1. The second-order valence-electron chi connectivity index (χ2n) is 5.23. The third kappa shape index (κ3) is 3.96. The van der Waals surface area contributed by atoms with Crippen molar-refractivity contribution in [3.05, 3.63) is 0 Å². The maximum absolute atomic E-state index is 11.4. The van der Waals surface area contributed by atoms with Crippen LogP contribution < -0.4 is 0 Å². The minimum absolute atomic E-state index is 0.0631. The van der Waals surface area contributed by atoms with Gasteiger partial charge in [0.15, 0.2) is 0 Å². The van der Waals surface area contributed by atoms with Gasteiger partial charge in [-0.3, -0.25) is 4.79 Å². The largest absolute Gasteiger partial charge is 0.469 e. The molecule has 1 N–H and O–H groups in total. The predicted molar refractivity (Wildman–Crippen MR) is 64.5 cm³/mol. The van der Waals surface area contributed by atoms with E-state index in [1.165, 1.54) is 7.11 Å². The van der Waals surface area contributed by atoms with Crippen LogP contribution in [-0.4, -0.2) is 36.5 Å². The Hall–Kier alpha value is -0.610. The van der Waals surface area contributed by atoms with Gasteiger partial charge < -0.3 is 14.6 Å².